The van der Waals surface area contributed by atoms with E-state index >= 15 is 0 Å². The van der Waals surface area contributed by atoms with E-state index in [1.807, 2.05) is 41.3 Å². The van der Waals surface area contributed by atoms with Crippen LogP contribution in [0.4, 0.5) is 0 Å². The summed E-state index contributed by atoms with van der Waals surface area (Å²) in [5.74, 6) is 2.29. The molecule has 2 aliphatic heterocycles. The van der Waals surface area contributed by atoms with Gasteiger partial charge in [-0.3, -0.25) is 4.79 Å². The average Bonchev–Trinajstić information content (AvgIpc) is 2.66. The summed E-state index contributed by atoms with van der Waals surface area (Å²) in [6.45, 7) is 3.93. The highest BCUT2D eigenvalue weighted by atomic mass is 16.6. The first-order valence-electron chi connectivity index (χ1n) is 8.62. The highest BCUT2D eigenvalue weighted by Gasteiger charge is 2.30. The van der Waals surface area contributed by atoms with Crippen LogP contribution in [-0.4, -0.2) is 37.2 Å². The van der Waals surface area contributed by atoms with Crippen molar-refractivity contribution in [1.29, 1.82) is 0 Å². The summed E-state index contributed by atoms with van der Waals surface area (Å²) >= 11 is 0. The molecule has 2 aliphatic rings. The molecule has 1 amide bonds. The molecule has 130 valence electrons. The summed E-state index contributed by atoms with van der Waals surface area (Å²) in [5.41, 5.74) is 2.35. The monoisotopic (exact) mass is 339 g/mol. The summed E-state index contributed by atoms with van der Waals surface area (Å²) < 4.78 is 17.0. The molecule has 4 rings (SSSR count). The highest BCUT2D eigenvalue weighted by molar-refractivity contribution is 5.78. The van der Waals surface area contributed by atoms with E-state index in [1.54, 1.807) is 0 Å². The van der Waals surface area contributed by atoms with Gasteiger partial charge in [0, 0.05) is 6.54 Å². The van der Waals surface area contributed by atoms with Crippen molar-refractivity contribution >= 4 is 5.91 Å². The third kappa shape index (κ3) is 3.14. The van der Waals surface area contributed by atoms with E-state index in [0.717, 1.165) is 23.5 Å². The highest BCUT2D eigenvalue weighted by Crippen LogP contribution is 2.39. The number of benzene rings is 2. The second-order valence-electron chi connectivity index (χ2n) is 6.31. The van der Waals surface area contributed by atoms with Crippen LogP contribution in [0.1, 0.15) is 24.1 Å². The third-order valence-electron chi connectivity index (χ3n) is 4.77. The fourth-order valence-electron chi connectivity index (χ4n) is 3.44. The Morgan fingerprint density at radius 2 is 1.88 bits per heavy atom. The minimum absolute atomic E-state index is 0.00288. The lowest BCUT2D eigenvalue weighted by atomic mass is 9.92. The maximum absolute atomic E-state index is 12.6. The van der Waals surface area contributed by atoms with Crippen molar-refractivity contribution in [3.63, 3.8) is 0 Å². The van der Waals surface area contributed by atoms with Crippen molar-refractivity contribution in [2.45, 2.75) is 19.4 Å². The molecule has 0 saturated heterocycles. The Kier molecular flexibility index (Phi) is 4.22. The van der Waals surface area contributed by atoms with Gasteiger partial charge in [0.15, 0.2) is 18.1 Å². The maximum Gasteiger partial charge on any atom is 0.261 e. The standard InChI is InChI=1S/C20H21NO4/c1-14-17-12-19-18(23-9-10-24-19)11-15(17)7-8-21(14)20(22)13-25-16-5-3-2-4-6-16/h2-6,11-12,14H,7-10,13H2,1H3. The number of nitrogens with zero attached hydrogens (tertiary/aromatic N) is 1. The molecule has 2 aromatic carbocycles. The number of amides is 1. The molecule has 2 aromatic rings. The number of ether oxygens (including phenoxy) is 3. The quantitative estimate of drug-likeness (QED) is 0.863. The van der Waals surface area contributed by atoms with Gasteiger partial charge >= 0.3 is 0 Å². The summed E-state index contributed by atoms with van der Waals surface area (Å²) in [6.07, 6.45) is 0.813. The van der Waals surface area contributed by atoms with Crippen molar-refractivity contribution < 1.29 is 19.0 Å². The molecule has 0 fully saturated rings. The lowest BCUT2D eigenvalue weighted by Gasteiger charge is -2.36. The van der Waals surface area contributed by atoms with E-state index < -0.39 is 0 Å². The molecule has 5 heteroatoms. The van der Waals surface area contributed by atoms with Crippen LogP contribution in [-0.2, 0) is 11.2 Å². The number of para-hydroxylation sites is 1. The molecule has 0 aromatic heterocycles. The first-order valence-corrected chi connectivity index (χ1v) is 8.62. The number of hydrogen-bond acceptors (Lipinski definition) is 4. The van der Waals surface area contributed by atoms with Gasteiger partial charge in [-0.1, -0.05) is 18.2 Å². The molecular weight excluding hydrogens is 318 g/mol. The summed E-state index contributed by atoms with van der Waals surface area (Å²) in [6, 6.07) is 13.5. The van der Waals surface area contributed by atoms with E-state index in [1.165, 1.54) is 5.56 Å². The van der Waals surface area contributed by atoms with Gasteiger partial charge in [-0.25, -0.2) is 0 Å². The summed E-state index contributed by atoms with van der Waals surface area (Å²) in [5, 5.41) is 0. The normalized spacial score (nSPS) is 18.4. The smallest absolute Gasteiger partial charge is 0.261 e. The van der Waals surface area contributed by atoms with E-state index in [4.69, 9.17) is 14.2 Å². The van der Waals surface area contributed by atoms with Crippen LogP contribution in [0.2, 0.25) is 0 Å². The van der Waals surface area contributed by atoms with Crippen LogP contribution >= 0.6 is 0 Å². The molecule has 1 unspecified atom stereocenters. The first kappa shape index (κ1) is 15.8. The first-order chi connectivity index (χ1) is 12.2. The molecule has 1 atom stereocenters. The van der Waals surface area contributed by atoms with Gasteiger partial charge in [-0.15, -0.1) is 0 Å². The van der Waals surface area contributed by atoms with Crippen molar-refractivity contribution in [2.24, 2.45) is 0 Å². The van der Waals surface area contributed by atoms with E-state index in [-0.39, 0.29) is 18.6 Å². The van der Waals surface area contributed by atoms with Crippen LogP contribution in [0.5, 0.6) is 17.2 Å². The lowest BCUT2D eigenvalue weighted by Crippen LogP contribution is -2.41. The summed E-state index contributed by atoms with van der Waals surface area (Å²) in [7, 11) is 0. The Morgan fingerprint density at radius 3 is 2.64 bits per heavy atom. The van der Waals surface area contributed by atoms with Gasteiger partial charge in [-0.05, 0) is 48.7 Å². The SMILES string of the molecule is CC1c2cc3c(cc2CCN1C(=O)COc1ccccc1)OCCO3. The van der Waals surface area contributed by atoms with Crippen LogP contribution in [0.15, 0.2) is 42.5 Å². The van der Waals surface area contributed by atoms with Crippen molar-refractivity contribution in [3.05, 3.63) is 53.6 Å². The second-order valence-corrected chi connectivity index (χ2v) is 6.31. The van der Waals surface area contributed by atoms with Crippen LogP contribution in [0.3, 0.4) is 0 Å². The van der Waals surface area contributed by atoms with E-state index in [2.05, 4.69) is 13.0 Å². The van der Waals surface area contributed by atoms with Gasteiger partial charge in [0.05, 0.1) is 6.04 Å². The molecular formula is C20H21NO4. The van der Waals surface area contributed by atoms with Crippen LogP contribution in [0.25, 0.3) is 0 Å². The van der Waals surface area contributed by atoms with Gasteiger partial charge in [0.25, 0.3) is 5.91 Å². The average molecular weight is 339 g/mol. The molecule has 25 heavy (non-hydrogen) atoms. The second kappa shape index (κ2) is 6.67. The van der Waals surface area contributed by atoms with E-state index in [9.17, 15) is 4.79 Å². The lowest BCUT2D eigenvalue weighted by molar-refractivity contribution is -0.136. The molecule has 0 radical (unpaired) electrons. The molecule has 0 bridgehead atoms. The predicted molar refractivity (Wildman–Crippen MR) is 93.2 cm³/mol. The Bertz CT molecular complexity index is 775. The third-order valence-corrected chi connectivity index (χ3v) is 4.77. The van der Waals surface area contributed by atoms with Crippen molar-refractivity contribution in [2.75, 3.05) is 26.4 Å². The fourth-order valence-corrected chi connectivity index (χ4v) is 3.44. The van der Waals surface area contributed by atoms with Gasteiger partial charge < -0.3 is 19.1 Å². The van der Waals surface area contributed by atoms with Gasteiger partial charge in [-0.2, -0.15) is 0 Å². The zero-order valence-corrected chi connectivity index (χ0v) is 14.2. The zero-order chi connectivity index (χ0) is 17.2. The van der Waals surface area contributed by atoms with Crippen molar-refractivity contribution in [3.8, 4) is 17.2 Å². The number of fused-ring (bicyclic) bond motifs is 2. The predicted octanol–water partition coefficient (Wildman–Crippen LogP) is 2.98. The zero-order valence-electron chi connectivity index (χ0n) is 14.2. The molecule has 0 aliphatic carbocycles. The largest absolute Gasteiger partial charge is 0.486 e. The number of carbonyl (C=O) groups excluding carboxylic acids is 1. The van der Waals surface area contributed by atoms with Crippen LogP contribution < -0.4 is 14.2 Å². The Labute approximate surface area is 147 Å². The maximum atomic E-state index is 12.6. The van der Waals surface area contributed by atoms with Gasteiger partial charge in [0.2, 0.25) is 0 Å². The minimum Gasteiger partial charge on any atom is -0.486 e. The molecule has 0 spiro atoms. The Morgan fingerprint density at radius 1 is 1.16 bits per heavy atom. The summed E-state index contributed by atoms with van der Waals surface area (Å²) in [4.78, 5) is 14.5. The Hall–Kier alpha value is -2.69. The molecule has 2 heterocycles. The molecule has 5 nitrogen and oxygen atoms in total. The number of rotatable bonds is 3. The number of carbonyl (C=O) groups is 1. The fraction of sp³-hybridized carbons (Fsp3) is 0.350. The molecule has 0 N–H and O–H groups in total. The topological polar surface area (TPSA) is 48.0 Å². The van der Waals surface area contributed by atoms with Gasteiger partial charge in [0.1, 0.15) is 19.0 Å². The molecule has 0 saturated carbocycles. The minimum atomic E-state index is -0.00792. The Balaban J connectivity index is 1.49. The number of hydrogen-bond donors (Lipinski definition) is 0. The van der Waals surface area contributed by atoms with Crippen LogP contribution in [0, 0.1) is 0 Å². The van der Waals surface area contributed by atoms with Crippen molar-refractivity contribution in [1.82, 2.24) is 4.90 Å². The van der Waals surface area contributed by atoms with E-state index in [0.29, 0.717) is 25.5 Å².